The number of aliphatic hydroxyl groups excluding tert-OH is 1. The van der Waals surface area contributed by atoms with Gasteiger partial charge in [0.25, 0.3) is 0 Å². The lowest BCUT2D eigenvalue weighted by Crippen LogP contribution is -2.44. The molecular formula is C36H51F4NO3S. The van der Waals surface area contributed by atoms with Crippen LogP contribution in [-0.4, -0.2) is 29.6 Å². The van der Waals surface area contributed by atoms with Gasteiger partial charge in [-0.05, 0) is 66.4 Å². The van der Waals surface area contributed by atoms with Crippen LogP contribution in [0.4, 0.5) is 17.6 Å². The Morgan fingerprint density at radius 2 is 1.73 bits per heavy atom. The third-order valence-corrected chi connectivity index (χ3v) is 10.3. The van der Waals surface area contributed by atoms with Gasteiger partial charge in [-0.25, -0.2) is 4.39 Å². The first-order valence-corrected chi connectivity index (χ1v) is 17.2. The molecule has 2 aromatic rings. The Hall–Kier alpha value is -1.68. The van der Waals surface area contributed by atoms with Crippen molar-refractivity contribution in [1.82, 2.24) is 4.98 Å². The van der Waals surface area contributed by atoms with Crippen LogP contribution in [0.2, 0.25) is 0 Å². The van der Waals surface area contributed by atoms with E-state index in [0.717, 1.165) is 54.3 Å². The average Bonchev–Trinajstić information content (AvgIpc) is 3.28. The van der Waals surface area contributed by atoms with E-state index < -0.39 is 35.4 Å². The topological polar surface area (TPSA) is 51.6 Å². The lowest BCUT2D eigenvalue weighted by molar-refractivity contribution is -0.158. The predicted molar refractivity (Wildman–Crippen MR) is 173 cm³/mol. The second-order valence-electron chi connectivity index (χ2n) is 14.8. The van der Waals surface area contributed by atoms with E-state index in [1.807, 2.05) is 20.8 Å². The number of nitrogens with zero attached hydrogens (tertiary/aromatic N) is 1. The monoisotopic (exact) mass is 653 g/mol. The number of pyridine rings is 1. The van der Waals surface area contributed by atoms with Crippen LogP contribution in [-0.2, 0) is 27.7 Å². The standard InChI is InChI=1S/C29H33F4NO3.C6H14.CH4S/c1-15(2)25-23-24(22-20(34-25)12-27(7-4-8-27)13-21(22)35)28(9-10-36-14-16(28)3)37-26(23)18-6-5-17(11-19(18)30)29(31,32)33;1-5-6(2,3)4;1-2/h5-6,11,15-16,21,26,35H,4,7-10,12-14H2,1-3H3;5H2,1-4H3;2H,1H3. The number of aromatic nitrogens is 1. The van der Waals surface area contributed by atoms with E-state index in [1.165, 1.54) is 12.5 Å². The molecule has 2 fully saturated rings. The fourth-order valence-corrected chi connectivity index (χ4v) is 7.21. The highest BCUT2D eigenvalue weighted by Gasteiger charge is 2.56. The molecule has 1 saturated heterocycles. The second kappa shape index (κ2) is 13.4. The molecule has 4 aliphatic rings. The normalized spacial score (nSPS) is 26.8. The van der Waals surface area contributed by atoms with Crippen LogP contribution in [0.25, 0.3) is 0 Å². The Morgan fingerprint density at radius 3 is 2.22 bits per heavy atom. The molecule has 4 unspecified atom stereocenters. The maximum absolute atomic E-state index is 15.4. The van der Waals surface area contributed by atoms with Crippen LogP contribution in [0.1, 0.15) is 144 Å². The van der Waals surface area contributed by atoms with Gasteiger partial charge in [0.15, 0.2) is 0 Å². The molecule has 9 heteroatoms. The molecule has 6 rings (SSSR count). The number of fused-ring (bicyclic) bond motifs is 4. The molecule has 4 atom stereocenters. The number of thiol groups is 1. The van der Waals surface area contributed by atoms with E-state index in [4.69, 9.17) is 14.5 Å². The number of rotatable bonds is 2. The summed E-state index contributed by atoms with van der Waals surface area (Å²) in [6.07, 6.45) is 1.98. The SMILES string of the molecule is CC(C)c1nc2c(c3c1C(c1ccc(C(F)(F)F)cc1F)OC31CCOCC1C)C(O)CC1(CCC1)C2.CCC(C)(C)C.CS. The first-order chi connectivity index (χ1) is 21.0. The minimum Gasteiger partial charge on any atom is -0.388 e. The van der Waals surface area contributed by atoms with Gasteiger partial charge in [-0.2, -0.15) is 25.8 Å². The zero-order chi connectivity index (χ0) is 33.5. The summed E-state index contributed by atoms with van der Waals surface area (Å²) in [6.45, 7) is 15.9. The molecule has 0 bridgehead atoms. The van der Waals surface area contributed by atoms with Crippen molar-refractivity contribution in [3.05, 3.63) is 63.2 Å². The van der Waals surface area contributed by atoms with Gasteiger partial charge in [0.2, 0.25) is 0 Å². The number of hydrogen-bond acceptors (Lipinski definition) is 5. The summed E-state index contributed by atoms with van der Waals surface area (Å²) in [6, 6.07) is 2.65. The summed E-state index contributed by atoms with van der Waals surface area (Å²) in [5.74, 6) is -1.07. The van der Waals surface area contributed by atoms with Crippen molar-refractivity contribution < 1.29 is 32.1 Å². The van der Waals surface area contributed by atoms with E-state index in [1.54, 1.807) is 6.26 Å². The lowest BCUT2D eigenvalue weighted by atomic mass is 9.58. The van der Waals surface area contributed by atoms with E-state index >= 15 is 4.39 Å². The zero-order valence-electron chi connectivity index (χ0n) is 28.1. The second-order valence-corrected chi connectivity index (χ2v) is 14.8. The van der Waals surface area contributed by atoms with Gasteiger partial charge in [0.1, 0.15) is 17.5 Å². The molecule has 1 aromatic carbocycles. The molecule has 252 valence electrons. The summed E-state index contributed by atoms with van der Waals surface area (Å²) in [5.41, 5.74) is 2.87. The molecule has 1 N–H and O–H groups in total. The average molecular weight is 654 g/mol. The van der Waals surface area contributed by atoms with Gasteiger partial charge in [-0.3, -0.25) is 4.98 Å². The molecule has 0 radical (unpaired) electrons. The van der Waals surface area contributed by atoms with Crippen molar-refractivity contribution in [1.29, 1.82) is 0 Å². The first-order valence-electron chi connectivity index (χ1n) is 16.3. The van der Waals surface area contributed by atoms with E-state index in [0.29, 0.717) is 43.1 Å². The van der Waals surface area contributed by atoms with Gasteiger partial charge in [0.05, 0.1) is 18.3 Å². The van der Waals surface area contributed by atoms with Crippen molar-refractivity contribution in [2.24, 2.45) is 16.7 Å². The summed E-state index contributed by atoms with van der Waals surface area (Å²) in [5, 5.41) is 11.6. The van der Waals surface area contributed by atoms with Gasteiger partial charge < -0.3 is 14.6 Å². The number of ether oxygens (including phenoxy) is 2. The quantitative estimate of drug-likeness (QED) is 0.250. The Morgan fingerprint density at radius 1 is 1.09 bits per heavy atom. The molecule has 3 heterocycles. The zero-order valence-corrected chi connectivity index (χ0v) is 29.0. The largest absolute Gasteiger partial charge is 0.416 e. The van der Waals surface area contributed by atoms with E-state index in [2.05, 4.69) is 40.3 Å². The highest BCUT2D eigenvalue weighted by Crippen LogP contribution is 2.61. The highest BCUT2D eigenvalue weighted by molar-refractivity contribution is 7.79. The Bertz CT molecular complexity index is 1350. The Balaban J connectivity index is 0.000000519. The summed E-state index contributed by atoms with van der Waals surface area (Å²) in [4.78, 5) is 5.10. The number of aliphatic hydroxyl groups is 1. The van der Waals surface area contributed by atoms with Gasteiger partial charge in [0, 0.05) is 47.0 Å². The minimum atomic E-state index is -4.64. The molecule has 45 heavy (non-hydrogen) atoms. The van der Waals surface area contributed by atoms with E-state index in [9.17, 15) is 18.3 Å². The highest BCUT2D eigenvalue weighted by atomic mass is 32.1. The number of hydrogen-bond donors (Lipinski definition) is 2. The van der Waals surface area contributed by atoms with Crippen molar-refractivity contribution in [2.45, 2.75) is 123 Å². The smallest absolute Gasteiger partial charge is 0.388 e. The summed E-state index contributed by atoms with van der Waals surface area (Å²) in [7, 11) is 0. The molecule has 4 nitrogen and oxygen atoms in total. The van der Waals surface area contributed by atoms with Crippen LogP contribution in [0, 0.1) is 22.6 Å². The van der Waals surface area contributed by atoms with Crippen LogP contribution < -0.4 is 0 Å². The van der Waals surface area contributed by atoms with Crippen LogP contribution in [0.3, 0.4) is 0 Å². The molecular weight excluding hydrogens is 602 g/mol. The van der Waals surface area contributed by atoms with Crippen LogP contribution >= 0.6 is 12.6 Å². The fraction of sp³-hybridized carbons (Fsp3) is 0.694. The van der Waals surface area contributed by atoms with Gasteiger partial charge in [-0.1, -0.05) is 67.4 Å². The van der Waals surface area contributed by atoms with E-state index in [-0.39, 0.29) is 22.8 Å². The fourth-order valence-electron chi connectivity index (χ4n) is 7.21. The molecule has 1 saturated carbocycles. The number of halogens is 4. The Kier molecular flexibility index (Phi) is 10.8. The molecule has 1 aromatic heterocycles. The van der Waals surface area contributed by atoms with Gasteiger partial charge in [-0.15, -0.1) is 0 Å². The molecule has 2 spiro atoms. The predicted octanol–water partition coefficient (Wildman–Crippen LogP) is 9.87. The number of alkyl halides is 3. The number of benzene rings is 1. The van der Waals surface area contributed by atoms with Gasteiger partial charge >= 0.3 is 6.18 Å². The summed E-state index contributed by atoms with van der Waals surface area (Å²) >= 11 is 3.53. The van der Waals surface area contributed by atoms with Crippen molar-refractivity contribution in [2.75, 3.05) is 19.5 Å². The maximum atomic E-state index is 15.4. The summed E-state index contributed by atoms with van der Waals surface area (Å²) < 4.78 is 67.9. The maximum Gasteiger partial charge on any atom is 0.416 e. The molecule has 2 aliphatic carbocycles. The van der Waals surface area contributed by atoms with Crippen molar-refractivity contribution >= 4 is 12.6 Å². The third-order valence-electron chi connectivity index (χ3n) is 10.3. The molecule has 0 amide bonds. The third kappa shape index (κ3) is 6.97. The van der Waals surface area contributed by atoms with Crippen molar-refractivity contribution in [3.8, 4) is 0 Å². The van der Waals surface area contributed by atoms with Crippen molar-refractivity contribution in [3.63, 3.8) is 0 Å². The minimum absolute atomic E-state index is 0.0237. The van der Waals surface area contributed by atoms with Crippen LogP contribution in [0.15, 0.2) is 18.2 Å². The Labute approximate surface area is 272 Å². The first kappa shape index (κ1) is 36.2. The molecule has 2 aliphatic heterocycles. The lowest BCUT2D eigenvalue weighted by Gasteiger charge is -2.48. The van der Waals surface area contributed by atoms with Crippen LogP contribution in [0.5, 0.6) is 0 Å².